The highest BCUT2D eigenvalue weighted by Gasteiger charge is 2.28. The highest BCUT2D eigenvalue weighted by molar-refractivity contribution is 5.75. The van der Waals surface area contributed by atoms with Gasteiger partial charge in [-0.1, -0.05) is 0 Å². The van der Waals surface area contributed by atoms with Crippen molar-refractivity contribution in [3.63, 3.8) is 0 Å². The van der Waals surface area contributed by atoms with Crippen LogP contribution in [-0.4, -0.2) is 46.2 Å². The molecule has 94 valence electrons. The van der Waals surface area contributed by atoms with Crippen molar-refractivity contribution in [2.24, 2.45) is 0 Å². The fraction of sp³-hybridized carbons (Fsp3) is 0.667. The number of aliphatic carboxylic acids is 1. The largest absolute Gasteiger partial charge is 0.481 e. The van der Waals surface area contributed by atoms with Crippen LogP contribution in [0.1, 0.15) is 30.3 Å². The molecule has 0 aliphatic carbocycles. The number of carboxylic acid groups (broad SMARTS) is 1. The Morgan fingerprint density at radius 3 is 3.06 bits per heavy atom. The van der Waals surface area contributed by atoms with E-state index in [-0.39, 0.29) is 0 Å². The molecule has 1 atom stereocenters. The van der Waals surface area contributed by atoms with Crippen molar-refractivity contribution in [1.82, 2.24) is 14.5 Å². The first-order valence-electron chi connectivity index (χ1n) is 6.01. The molecule has 5 heteroatoms. The van der Waals surface area contributed by atoms with Gasteiger partial charge in [0.1, 0.15) is 11.7 Å². The molecule has 1 aliphatic heterocycles. The number of fused-ring (bicyclic) bond motifs is 1. The van der Waals surface area contributed by atoms with Gasteiger partial charge in [-0.2, -0.15) is 0 Å². The third-order valence-corrected chi connectivity index (χ3v) is 3.17. The minimum atomic E-state index is -0.754. The zero-order chi connectivity index (χ0) is 12.4. The minimum Gasteiger partial charge on any atom is -0.481 e. The Balaban J connectivity index is 2.16. The Kier molecular flexibility index (Phi) is 3.47. The standard InChI is InChI=1S/C12H19N3O2/c1-14(2)7-5-9-8-15-6-3-4-10(12(16)17)11(15)13-9/h8,10H,3-7H2,1-2H3,(H,16,17). The van der Waals surface area contributed by atoms with E-state index in [1.165, 1.54) is 0 Å². The van der Waals surface area contributed by atoms with Gasteiger partial charge in [0.2, 0.25) is 0 Å². The molecule has 1 aromatic rings. The molecule has 0 bridgehead atoms. The van der Waals surface area contributed by atoms with Gasteiger partial charge >= 0.3 is 5.97 Å². The summed E-state index contributed by atoms with van der Waals surface area (Å²) in [5.41, 5.74) is 1.00. The highest BCUT2D eigenvalue weighted by Crippen LogP contribution is 2.26. The molecule has 1 N–H and O–H groups in total. The van der Waals surface area contributed by atoms with Crippen molar-refractivity contribution >= 4 is 5.97 Å². The minimum absolute atomic E-state index is 0.420. The first-order valence-corrected chi connectivity index (χ1v) is 6.01. The monoisotopic (exact) mass is 237 g/mol. The van der Waals surface area contributed by atoms with Crippen molar-refractivity contribution < 1.29 is 9.90 Å². The number of rotatable bonds is 4. The molecule has 0 amide bonds. The zero-order valence-electron chi connectivity index (χ0n) is 10.4. The number of aryl methyl sites for hydroxylation is 1. The summed E-state index contributed by atoms with van der Waals surface area (Å²) in [6.45, 7) is 1.84. The molecule has 0 spiro atoms. The average molecular weight is 237 g/mol. The molecular weight excluding hydrogens is 218 g/mol. The van der Waals surface area contributed by atoms with Crippen LogP contribution in [0, 0.1) is 0 Å². The van der Waals surface area contributed by atoms with Gasteiger partial charge in [-0.05, 0) is 26.9 Å². The van der Waals surface area contributed by atoms with Crippen LogP contribution in [0.15, 0.2) is 6.20 Å². The predicted octanol–water partition coefficient (Wildman–Crippen LogP) is 0.949. The molecule has 17 heavy (non-hydrogen) atoms. The molecule has 1 aliphatic rings. The van der Waals surface area contributed by atoms with E-state index in [9.17, 15) is 4.79 Å². The van der Waals surface area contributed by atoms with Crippen molar-refractivity contribution in [2.45, 2.75) is 31.7 Å². The normalized spacial score (nSPS) is 19.4. The topological polar surface area (TPSA) is 58.4 Å². The molecule has 1 unspecified atom stereocenters. The Morgan fingerprint density at radius 2 is 2.41 bits per heavy atom. The van der Waals surface area contributed by atoms with Crippen molar-refractivity contribution in [3.8, 4) is 0 Å². The van der Waals surface area contributed by atoms with Crippen LogP contribution in [0.2, 0.25) is 0 Å². The molecular formula is C12H19N3O2. The molecule has 5 nitrogen and oxygen atoms in total. The fourth-order valence-electron chi connectivity index (χ4n) is 2.23. The lowest BCUT2D eigenvalue weighted by Gasteiger charge is -2.19. The molecule has 0 aromatic carbocycles. The van der Waals surface area contributed by atoms with E-state index in [1.54, 1.807) is 0 Å². The third kappa shape index (κ3) is 2.66. The van der Waals surface area contributed by atoms with Gasteiger partial charge in [0.25, 0.3) is 0 Å². The van der Waals surface area contributed by atoms with E-state index >= 15 is 0 Å². The Bertz CT molecular complexity index is 412. The van der Waals surface area contributed by atoms with Crippen molar-refractivity contribution in [2.75, 3.05) is 20.6 Å². The van der Waals surface area contributed by atoms with Crippen LogP contribution in [0.3, 0.4) is 0 Å². The first-order chi connectivity index (χ1) is 8.08. The van der Waals surface area contributed by atoms with Crippen LogP contribution in [-0.2, 0) is 17.8 Å². The molecule has 0 saturated carbocycles. The number of hydrogen-bond acceptors (Lipinski definition) is 3. The van der Waals surface area contributed by atoms with Gasteiger partial charge in [0, 0.05) is 25.7 Å². The fourth-order valence-corrected chi connectivity index (χ4v) is 2.23. The van der Waals surface area contributed by atoms with Gasteiger partial charge in [-0.15, -0.1) is 0 Å². The molecule has 0 radical (unpaired) electrons. The van der Waals surface area contributed by atoms with Gasteiger partial charge in [0.15, 0.2) is 0 Å². The number of carbonyl (C=O) groups is 1. The second-order valence-corrected chi connectivity index (χ2v) is 4.87. The molecule has 0 saturated heterocycles. The number of nitrogens with zero attached hydrogens (tertiary/aromatic N) is 3. The number of imidazole rings is 1. The lowest BCUT2D eigenvalue weighted by Crippen LogP contribution is -2.22. The summed E-state index contributed by atoms with van der Waals surface area (Å²) in [6.07, 6.45) is 4.51. The van der Waals surface area contributed by atoms with E-state index in [1.807, 2.05) is 24.9 Å². The van der Waals surface area contributed by atoms with Crippen molar-refractivity contribution in [1.29, 1.82) is 0 Å². The summed E-state index contributed by atoms with van der Waals surface area (Å²) >= 11 is 0. The van der Waals surface area contributed by atoms with Crippen LogP contribution in [0.5, 0.6) is 0 Å². The Labute approximate surface area is 101 Å². The van der Waals surface area contributed by atoms with Crippen LogP contribution < -0.4 is 0 Å². The quantitative estimate of drug-likeness (QED) is 0.847. The first kappa shape index (κ1) is 12.1. The Hall–Kier alpha value is -1.36. The number of hydrogen-bond donors (Lipinski definition) is 1. The molecule has 0 fully saturated rings. The third-order valence-electron chi connectivity index (χ3n) is 3.17. The summed E-state index contributed by atoms with van der Waals surface area (Å²) in [4.78, 5) is 17.7. The van der Waals surface area contributed by atoms with Gasteiger partial charge in [-0.3, -0.25) is 4.79 Å². The van der Waals surface area contributed by atoms with Crippen LogP contribution >= 0.6 is 0 Å². The molecule has 1 aromatic heterocycles. The second-order valence-electron chi connectivity index (χ2n) is 4.87. The average Bonchev–Trinajstić information content (AvgIpc) is 2.68. The van der Waals surface area contributed by atoms with E-state index in [0.29, 0.717) is 6.42 Å². The maximum atomic E-state index is 11.1. The van der Waals surface area contributed by atoms with E-state index in [4.69, 9.17) is 5.11 Å². The summed E-state index contributed by atoms with van der Waals surface area (Å²) < 4.78 is 2.01. The van der Waals surface area contributed by atoms with E-state index in [2.05, 4.69) is 9.88 Å². The zero-order valence-corrected chi connectivity index (χ0v) is 10.4. The summed E-state index contributed by atoms with van der Waals surface area (Å²) in [7, 11) is 4.05. The lowest BCUT2D eigenvalue weighted by atomic mass is 9.99. The summed E-state index contributed by atoms with van der Waals surface area (Å²) in [5, 5.41) is 9.15. The number of carboxylic acids is 1. The maximum absolute atomic E-state index is 11.1. The van der Waals surface area contributed by atoms with Gasteiger partial charge in [0.05, 0.1) is 5.69 Å². The van der Waals surface area contributed by atoms with Crippen LogP contribution in [0.4, 0.5) is 0 Å². The highest BCUT2D eigenvalue weighted by atomic mass is 16.4. The lowest BCUT2D eigenvalue weighted by molar-refractivity contribution is -0.139. The molecule has 2 heterocycles. The van der Waals surface area contributed by atoms with Crippen LogP contribution in [0.25, 0.3) is 0 Å². The number of aromatic nitrogens is 2. The molecule has 2 rings (SSSR count). The van der Waals surface area contributed by atoms with Crippen molar-refractivity contribution in [3.05, 3.63) is 17.7 Å². The smallest absolute Gasteiger partial charge is 0.314 e. The number of likely N-dealkylation sites (N-methyl/N-ethyl adjacent to an activating group) is 1. The van der Waals surface area contributed by atoms with E-state index < -0.39 is 11.9 Å². The Morgan fingerprint density at radius 1 is 1.65 bits per heavy atom. The SMILES string of the molecule is CN(C)CCc1cn2c(n1)C(C(=O)O)CCC2. The summed E-state index contributed by atoms with van der Waals surface area (Å²) in [6, 6.07) is 0. The maximum Gasteiger partial charge on any atom is 0.314 e. The second kappa shape index (κ2) is 4.87. The van der Waals surface area contributed by atoms with Gasteiger partial charge < -0.3 is 14.6 Å². The van der Waals surface area contributed by atoms with Gasteiger partial charge in [-0.25, -0.2) is 4.98 Å². The van der Waals surface area contributed by atoms with E-state index in [0.717, 1.165) is 37.4 Å². The predicted molar refractivity (Wildman–Crippen MR) is 64.1 cm³/mol. The summed E-state index contributed by atoms with van der Waals surface area (Å²) in [5.74, 6) is -0.440.